The Morgan fingerprint density at radius 1 is 1.24 bits per heavy atom. The van der Waals surface area contributed by atoms with Gasteiger partial charge in [-0.15, -0.1) is 0 Å². The second kappa shape index (κ2) is 5.38. The van der Waals surface area contributed by atoms with Crippen molar-refractivity contribution < 1.29 is 4.79 Å². The van der Waals surface area contributed by atoms with Gasteiger partial charge in [-0.25, -0.2) is 0 Å². The van der Waals surface area contributed by atoms with Gasteiger partial charge in [0.1, 0.15) is 0 Å². The van der Waals surface area contributed by atoms with Crippen LogP contribution in [0.1, 0.15) is 59.3 Å². The van der Waals surface area contributed by atoms with Crippen LogP contribution in [-0.4, -0.2) is 29.9 Å². The third kappa shape index (κ3) is 5.07. The molecular weight excluding hydrogens is 212 g/mol. The molecule has 3 heteroatoms. The summed E-state index contributed by atoms with van der Waals surface area (Å²) in [6, 6.07) is 0. The summed E-state index contributed by atoms with van der Waals surface area (Å²) in [6.45, 7) is 7.24. The molecule has 1 rings (SSSR count). The molecule has 17 heavy (non-hydrogen) atoms. The summed E-state index contributed by atoms with van der Waals surface area (Å²) in [4.78, 5) is 14.0. The van der Waals surface area contributed by atoms with Gasteiger partial charge >= 0.3 is 0 Å². The average molecular weight is 240 g/mol. The van der Waals surface area contributed by atoms with Crippen LogP contribution in [0.25, 0.3) is 0 Å². The lowest BCUT2D eigenvalue weighted by molar-refractivity contribution is -0.132. The van der Waals surface area contributed by atoms with Crippen LogP contribution in [0.2, 0.25) is 0 Å². The molecule has 0 aromatic rings. The summed E-state index contributed by atoms with van der Waals surface area (Å²) in [5, 5.41) is 0. The number of nitrogens with zero attached hydrogens (tertiary/aromatic N) is 1. The fourth-order valence-electron chi connectivity index (χ4n) is 2.67. The van der Waals surface area contributed by atoms with Gasteiger partial charge in [0.15, 0.2) is 0 Å². The van der Waals surface area contributed by atoms with Crippen molar-refractivity contribution in [1.29, 1.82) is 0 Å². The highest BCUT2D eigenvalue weighted by molar-refractivity contribution is 5.77. The van der Waals surface area contributed by atoms with Crippen LogP contribution in [0.15, 0.2) is 0 Å². The van der Waals surface area contributed by atoms with E-state index < -0.39 is 0 Å². The number of rotatable bonds is 3. The zero-order chi connectivity index (χ0) is 13.1. The first-order valence-corrected chi connectivity index (χ1v) is 6.75. The third-order valence-corrected chi connectivity index (χ3v) is 3.49. The van der Waals surface area contributed by atoms with Crippen LogP contribution in [-0.2, 0) is 4.79 Å². The molecule has 0 bridgehead atoms. The monoisotopic (exact) mass is 240 g/mol. The van der Waals surface area contributed by atoms with E-state index in [1.165, 1.54) is 19.3 Å². The summed E-state index contributed by atoms with van der Waals surface area (Å²) in [6.07, 6.45) is 6.13. The van der Waals surface area contributed by atoms with Crippen molar-refractivity contribution in [3.8, 4) is 0 Å². The van der Waals surface area contributed by atoms with E-state index in [9.17, 15) is 4.79 Å². The maximum atomic E-state index is 12.1. The maximum Gasteiger partial charge on any atom is 0.224 e. The van der Waals surface area contributed by atoms with Crippen molar-refractivity contribution >= 4 is 5.91 Å². The topological polar surface area (TPSA) is 46.3 Å². The standard InChI is InChI=1S/C14H28N2O/c1-13(2,3)11-16(4)12(17)10-14(15)8-6-5-7-9-14/h5-11,15H2,1-4H3. The molecule has 0 aromatic carbocycles. The number of amides is 1. The first-order chi connectivity index (χ1) is 7.72. The van der Waals surface area contributed by atoms with Crippen molar-refractivity contribution in [2.45, 2.75) is 64.8 Å². The summed E-state index contributed by atoms with van der Waals surface area (Å²) in [5.41, 5.74) is 6.23. The number of nitrogens with two attached hydrogens (primary N) is 1. The van der Waals surface area contributed by atoms with Crippen LogP contribution in [0.5, 0.6) is 0 Å². The summed E-state index contributed by atoms with van der Waals surface area (Å²) >= 11 is 0. The van der Waals surface area contributed by atoms with Gasteiger partial charge < -0.3 is 10.6 Å². The fraction of sp³-hybridized carbons (Fsp3) is 0.929. The lowest BCUT2D eigenvalue weighted by Crippen LogP contribution is -2.47. The quantitative estimate of drug-likeness (QED) is 0.824. The molecule has 0 aliphatic heterocycles. The lowest BCUT2D eigenvalue weighted by Gasteiger charge is -2.35. The SMILES string of the molecule is CN(CC(C)(C)C)C(=O)CC1(N)CCCCC1. The minimum atomic E-state index is -0.235. The highest BCUT2D eigenvalue weighted by Gasteiger charge is 2.31. The molecule has 0 atom stereocenters. The normalized spacial score (nSPS) is 20.1. The Labute approximate surface area is 106 Å². The summed E-state index contributed by atoms with van der Waals surface area (Å²) in [7, 11) is 1.89. The van der Waals surface area contributed by atoms with Gasteiger partial charge in [0, 0.05) is 25.6 Å². The van der Waals surface area contributed by atoms with Gasteiger partial charge in [-0.2, -0.15) is 0 Å². The molecule has 0 unspecified atom stereocenters. The molecule has 1 saturated carbocycles. The molecule has 0 aromatic heterocycles. The molecule has 0 spiro atoms. The largest absolute Gasteiger partial charge is 0.345 e. The van der Waals surface area contributed by atoms with E-state index in [0.717, 1.165) is 19.4 Å². The van der Waals surface area contributed by atoms with Gasteiger partial charge in [0.05, 0.1) is 0 Å². The molecule has 1 aliphatic rings. The molecule has 1 fully saturated rings. The predicted molar refractivity (Wildman–Crippen MR) is 71.7 cm³/mol. The predicted octanol–water partition coefficient (Wildman–Crippen LogP) is 2.54. The molecule has 100 valence electrons. The van der Waals surface area contributed by atoms with Crippen LogP contribution in [0, 0.1) is 5.41 Å². The van der Waals surface area contributed by atoms with Gasteiger partial charge in [0.2, 0.25) is 5.91 Å². The van der Waals surface area contributed by atoms with Crippen molar-refractivity contribution in [3.63, 3.8) is 0 Å². The zero-order valence-electron chi connectivity index (χ0n) is 11.9. The number of carbonyl (C=O) groups excluding carboxylic acids is 1. The molecule has 2 N–H and O–H groups in total. The fourth-order valence-corrected chi connectivity index (χ4v) is 2.67. The van der Waals surface area contributed by atoms with Gasteiger partial charge in [-0.1, -0.05) is 40.0 Å². The summed E-state index contributed by atoms with van der Waals surface area (Å²) in [5.74, 6) is 0.198. The van der Waals surface area contributed by atoms with E-state index in [1.807, 2.05) is 11.9 Å². The summed E-state index contributed by atoms with van der Waals surface area (Å²) < 4.78 is 0. The minimum absolute atomic E-state index is 0.152. The van der Waals surface area contributed by atoms with Crippen molar-refractivity contribution in [2.24, 2.45) is 11.1 Å². The average Bonchev–Trinajstić information content (AvgIpc) is 2.15. The lowest BCUT2D eigenvalue weighted by atomic mass is 9.80. The molecular formula is C14H28N2O. The van der Waals surface area contributed by atoms with Gasteiger partial charge in [0.25, 0.3) is 0 Å². The van der Waals surface area contributed by atoms with E-state index in [-0.39, 0.29) is 16.9 Å². The van der Waals surface area contributed by atoms with E-state index in [1.54, 1.807) is 0 Å². The molecule has 1 aliphatic carbocycles. The van der Waals surface area contributed by atoms with E-state index in [2.05, 4.69) is 20.8 Å². The highest BCUT2D eigenvalue weighted by atomic mass is 16.2. The Kier molecular flexibility index (Phi) is 4.59. The van der Waals surface area contributed by atoms with Crippen molar-refractivity contribution in [3.05, 3.63) is 0 Å². The highest BCUT2D eigenvalue weighted by Crippen LogP contribution is 2.29. The molecule has 1 amide bonds. The second-order valence-electron chi connectivity index (χ2n) is 6.91. The zero-order valence-corrected chi connectivity index (χ0v) is 11.9. The Morgan fingerprint density at radius 3 is 2.24 bits per heavy atom. The van der Waals surface area contributed by atoms with E-state index >= 15 is 0 Å². The van der Waals surface area contributed by atoms with Crippen LogP contribution in [0.3, 0.4) is 0 Å². The Morgan fingerprint density at radius 2 is 1.76 bits per heavy atom. The molecule has 3 nitrogen and oxygen atoms in total. The van der Waals surface area contributed by atoms with Gasteiger partial charge in [-0.05, 0) is 18.3 Å². The second-order valence-corrected chi connectivity index (χ2v) is 6.91. The van der Waals surface area contributed by atoms with Gasteiger partial charge in [-0.3, -0.25) is 4.79 Å². The van der Waals surface area contributed by atoms with Crippen LogP contribution < -0.4 is 5.73 Å². The first kappa shape index (κ1) is 14.5. The van der Waals surface area contributed by atoms with Crippen LogP contribution in [0.4, 0.5) is 0 Å². The molecule has 0 heterocycles. The maximum absolute atomic E-state index is 12.1. The Bertz CT molecular complexity index is 262. The van der Waals surface area contributed by atoms with E-state index in [4.69, 9.17) is 5.73 Å². The molecule has 0 saturated heterocycles. The molecule has 0 radical (unpaired) electrons. The first-order valence-electron chi connectivity index (χ1n) is 6.75. The Balaban J connectivity index is 2.47. The number of hydrogen-bond donors (Lipinski definition) is 1. The van der Waals surface area contributed by atoms with Crippen LogP contribution >= 0.6 is 0 Å². The number of hydrogen-bond acceptors (Lipinski definition) is 2. The smallest absolute Gasteiger partial charge is 0.224 e. The minimum Gasteiger partial charge on any atom is -0.345 e. The third-order valence-electron chi connectivity index (χ3n) is 3.49. The van der Waals surface area contributed by atoms with Crippen molar-refractivity contribution in [1.82, 2.24) is 4.90 Å². The Hall–Kier alpha value is -0.570. The van der Waals surface area contributed by atoms with E-state index in [0.29, 0.717) is 6.42 Å². The van der Waals surface area contributed by atoms with Crippen molar-refractivity contribution in [2.75, 3.05) is 13.6 Å². The number of carbonyl (C=O) groups is 1.